The Morgan fingerprint density at radius 1 is 1.10 bits per heavy atom. The van der Waals surface area contributed by atoms with Gasteiger partial charge in [-0.25, -0.2) is 8.78 Å². The highest BCUT2D eigenvalue weighted by Crippen LogP contribution is 2.37. The van der Waals surface area contributed by atoms with Crippen molar-refractivity contribution in [1.29, 1.82) is 0 Å². The van der Waals surface area contributed by atoms with Crippen LogP contribution in [0.1, 0.15) is 12.5 Å². The lowest BCUT2D eigenvalue weighted by Crippen LogP contribution is -2.30. The first-order valence-electron chi connectivity index (χ1n) is 5.67. The second-order valence-electron chi connectivity index (χ2n) is 4.10. The van der Waals surface area contributed by atoms with Crippen LogP contribution in [0.3, 0.4) is 0 Å². The molecule has 0 heterocycles. The number of benzene rings is 2. The fourth-order valence-electron chi connectivity index (χ4n) is 2.00. The van der Waals surface area contributed by atoms with E-state index in [-0.39, 0.29) is 17.2 Å². The molecule has 0 saturated heterocycles. The van der Waals surface area contributed by atoms with Crippen LogP contribution in [0.4, 0.5) is 17.6 Å². The fraction of sp³-hybridized carbons (Fsp3) is 0.231. The van der Waals surface area contributed by atoms with Crippen molar-refractivity contribution >= 4 is 10.8 Å². The van der Waals surface area contributed by atoms with Gasteiger partial charge in [0.25, 0.3) is 0 Å². The highest BCUT2D eigenvalue weighted by molar-refractivity contribution is 5.92. The number of alkyl halides is 1. The Labute approximate surface area is 111 Å². The molecule has 0 saturated carbocycles. The van der Waals surface area contributed by atoms with Gasteiger partial charge in [0, 0.05) is 10.8 Å². The largest absolute Gasteiger partial charge is 0.492 e. The van der Waals surface area contributed by atoms with E-state index in [1.54, 1.807) is 6.92 Å². The Balaban J connectivity index is 2.89. The zero-order chi connectivity index (χ0) is 15.1. The van der Waals surface area contributed by atoms with Gasteiger partial charge in [-0.3, -0.25) is 0 Å². The molecule has 0 aliphatic heterocycles. The zero-order valence-electron chi connectivity index (χ0n) is 10.3. The smallest absolute Gasteiger partial charge is 0.409 e. The highest BCUT2D eigenvalue weighted by Gasteiger charge is 2.31. The van der Waals surface area contributed by atoms with Gasteiger partial charge in [0.2, 0.25) is 5.82 Å². The van der Waals surface area contributed by atoms with E-state index in [1.165, 1.54) is 12.1 Å². The minimum absolute atomic E-state index is 0.253. The minimum atomic E-state index is -4.21. The Hall–Kier alpha value is -1.86. The number of hydrogen-bond donors (Lipinski definition) is 2. The minimum Gasteiger partial charge on any atom is -0.409 e. The van der Waals surface area contributed by atoms with E-state index in [0.717, 1.165) is 6.07 Å². The molecule has 7 heteroatoms. The van der Waals surface area contributed by atoms with E-state index in [9.17, 15) is 17.6 Å². The van der Waals surface area contributed by atoms with E-state index in [0.29, 0.717) is 5.56 Å². The first-order chi connectivity index (χ1) is 9.26. The summed E-state index contributed by atoms with van der Waals surface area (Å²) in [5, 5.41) is 16.5. The summed E-state index contributed by atoms with van der Waals surface area (Å²) < 4.78 is 57.6. The normalized spacial score (nSPS) is 11.9. The Bertz CT molecular complexity index is 665. The second kappa shape index (κ2) is 4.92. The van der Waals surface area contributed by atoms with E-state index >= 15 is 0 Å². The number of hydrogen-bond acceptors (Lipinski definition) is 3. The lowest BCUT2D eigenvalue weighted by molar-refractivity contribution is -0.375. The molecule has 2 aromatic carbocycles. The first-order valence-corrected chi connectivity index (χ1v) is 5.67. The maximum Gasteiger partial charge on any atom is 0.492 e. The Morgan fingerprint density at radius 2 is 1.75 bits per heavy atom. The topological polar surface area (TPSA) is 49.7 Å². The van der Waals surface area contributed by atoms with Crippen molar-refractivity contribution in [3.05, 3.63) is 41.2 Å². The number of halogens is 4. The monoisotopic (exact) mass is 290 g/mol. The van der Waals surface area contributed by atoms with Crippen molar-refractivity contribution < 1.29 is 32.5 Å². The van der Waals surface area contributed by atoms with Gasteiger partial charge in [-0.15, -0.1) is 4.39 Å². The molecule has 0 amide bonds. The number of ether oxygens (including phenoxy) is 1. The highest BCUT2D eigenvalue weighted by atomic mass is 19.2. The zero-order valence-corrected chi connectivity index (χ0v) is 10.3. The van der Waals surface area contributed by atoms with Gasteiger partial charge in [-0.05, 0) is 12.0 Å². The third-order valence-corrected chi connectivity index (χ3v) is 2.81. The molecule has 0 bridgehead atoms. The van der Waals surface area contributed by atoms with Crippen molar-refractivity contribution in [2.75, 3.05) is 0 Å². The summed E-state index contributed by atoms with van der Waals surface area (Å²) in [7, 11) is 0. The van der Waals surface area contributed by atoms with Gasteiger partial charge in [-0.1, -0.05) is 25.1 Å². The van der Waals surface area contributed by atoms with Crippen LogP contribution in [-0.2, 0) is 6.42 Å². The predicted molar refractivity (Wildman–Crippen MR) is 62.1 cm³/mol. The molecule has 3 nitrogen and oxygen atoms in total. The molecule has 0 aliphatic rings. The van der Waals surface area contributed by atoms with Crippen LogP contribution in [0.2, 0.25) is 0 Å². The van der Waals surface area contributed by atoms with Crippen LogP contribution >= 0.6 is 0 Å². The maximum absolute atomic E-state index is 13.7. The van der Waals surface area contributed by atoms with Crippen LogP contribution < -0.4 is 4.74 Å². The molecule has 2 aromatic rings. The van der Waals surface area contributed by atoms with Gasteiger partial charge >= 0.3 is 6.23 Å². The summed E-state index contributed by atoms with van der Waals surface area (Å²) in [6.45, 7) is 1.65. The van der Waals surface area contributed by atoms with Crippen LogP contribution in [0, 0.1) is 17.5 Å². The lowest BCUT2D eigenvalue weighted by atomic mass is 10.0. The second-order valence-corrected chi connectivity index (χ2v) is 4.10. The summed E-state index contributed by atoms with van der Waals surface area (Å²) >= 11 is 0. The predicted octanol–water partition coefficient (Wildman–Crippen LogP) is 2.76. The molecule has 0 radical (unpaired) electrons. The molecule has 0 spiro atoms. The summed E-state index contributed by atoms with van der Waals surface area (Å²) in [5.74, 6) is -6.27. The van der Waals surface area contributed by atoms with E-state index in [2.05, 4.69) is 4.74 Å². The van der Waals surface area contributed by atoms with E-state index in [1.807, 2.05) is 0 Å². The molecule has 0 aromatic heterocycles. The van der Waals surface area contributed by atoms with E-state index in [4.69, 9.17) is 10.2 Å². The van der Waals surface area contributed by atoms with Gasteiger partial charge in [0.15, 0.2) is 17.4 Å². The van der Waals surface area contributed by atoms with E-state index < -0.39 is 29.4 Å². The molecular formula is C13H10F4O3. The first kappa shape index (κ1) is 14.5. The van der Waals surface area contributed by atoms with Crippen LogP contribution in [-0.4, -0.2) is 16.4 Å². The summed E-state index contributed by atoms with van der Waals surface area (Å²) in [6, 6.07) is 4.03. The molecule has 0 aliphatic carbocycles. The van der Waals surface area contributed by atoms with Crippen molar-refractivity contribution in [3.8, 4) is 5.75 Å². The average Bonchev–Trinajstić information content (AvgIpc) is 2.39. The molecule has 0 atom stereocenters. The molecule has 2 N–H and O–H groups in total. The van der Waals surface area contributed by atoms with Crippen molar-refractivity contribution in [3.63, 3.8) is 0 Å². The van der Waals surface area contributed by atoms with Gasteiger partial charge in [0.1, 0.15) is 0 Å². The maximum atomic E-state index is 13.7. The quantitative estimate of drug-likeness (QED) is 0.519. The molecule has 0 unspecified atom stereocenters. The number of rotatable bonds is 3. The van der Waals surface area contributed by atoms with Gasteiger partial charge in [-0.2, -0.15) is 4.39 Å². The fourth-order valence-corrected chi connectivity index (χ4v) is 2.00. The third-order valence-electron chi connectivity index (χ3n) is 2.81. The molecule has 108 valence electrons. The van der Waals surface area contributed by atoms with Crippen molar-refractivity contribution in [1.82, 2.24) is 0 Å². The molecule has 0 fully saturated rings. The van der Waals surface area contributed by atoms with Crippen molar-refractivity contribution in [2.24, 2.45) is 0 Å². The number of fused-ring (bicyclic) bond motifs is 1. The summed E-state index contributed by atoms with van der Waals surface area (Å²) in [6.07, 6.45) is -3.92. The average molecular weight is 290 g/mol. The summed E-state index contributed by atoms with van der Waals surface area (Å²) in [5.41, 5.74) is 0.333. The van der Waals surface area contributed by atoms with Gasteiger partial charge in [0.05, 0.1) is 0 Å². The van der Waals surface area contributed by atoms with Gasteiger partial charge < -0.3 is 14.9 Å². The standard InChI is InChI=1S/C13H10F4O3/c1-2-6-4-3-5-7-8(6)12(20-13(17,18)19)11(16)10(15)9(7)14/h3-5,18-19H,2H2,1H3. The Morgan fingerprint density at radius 3 is 2.30 bits per heavy atom. The number of aliphatic hydroxyl groups is 2. The summed E-state index contributed by atoms with van der Waals surface area (Å²) in [4.78, 5) is 0. The van der Waals surface area contributed by atoms with Crippen LogP contribution in [0.25, 0.3) is 10.8 Å². The molecule has 2 rings (SSSR count). The van der Waals surface area contributed by atoms with Crippen LogP contribution in [0.15, 0.2) is 18.2 Å². The number of aryl methyl sites for hydroxylation is 1. The molecular weight excluding hydrogens is 280 g/mol. The van der Waals surface area contributed by atoms with Crippen molar-refractivity contribution in [2.45, 2.75) is 19.6 Å². The molecule has 20 heavy (non-hydrogen) atoms. The Kier molecular flexibility index (Phi) is 3.58. The lowest BCUT2D eigenvalue weighted by Gasteiger charge is -2.18. The van der Waals surface area contributed by atoms with Crippen LogP contribution in [0.5, 0.6) is 5.75 Å². The SMILES string of the molecule is CCc1cccc2c(F)c(F)c(F)c(OC(O)(O)F)c12. The third kappa shape index (κ3) is 2.41.